The van der Waals surface area contributed by atoms with Crippen LogP contribution in [0.25, 0.3) is 11.5 Å². The number of nitrogens with zero attached hydrogens (tertiary/aromatic N) is 4. The van der Waals surface area contributed by atoms with Gasteiger partial charge in [-0.05, 0) is 12.1 Å². The minimum atomic E-state index is -0.290. The average molecular weight is 299 g/mol. The van der Waals surface area contributed by atoms with Crippen LogP contribution in [0.2, 0.25) is 0 Å². The molecule has 0 aliphatic rings. The molecule has 0 bridgehead atoms. The minimum absolute atomic E-state index is 0.248. The van der Waals surface area contributed by atoms with Gasteiger partial charge in [0, 0.05) is 17.8 Å². The van der Waals surface area contributed by atoms with Crippen molar-refractivity contribution in [2.75, 3.05) is 12.8 Å². The molecular weight excluding hydrogens is 285 g/mol. The Balaban J connectivity index is 1.97. The van der Waals surface area contributed by atoms with Gasteiger partial charge in [0.05, 0.1) is 13.7 Å². The summed E-state index contributed by atoms with van der Waals surface area (Å²) >= 11 is 0. The summed E-state index contributed by atoms with van der Waals surface area (Å²) in [5, 5.41) is 4.37. The van der Waals surface area contributed by atoms with E-state index in [9.17, 15) is 4.39 Å². The smallest absolute Gasteiger partial charge is 0.212 e. The van der Waals surface area contributed by atoms with Gasteiger partial charge in [-0.15, -0.1) is 0 Å². The summed E-state index contributed by atoms with van der Waals surface area (Å²) in [4.78, 5) is 8.24. The lowest BCUT2D eigenvalue weighted by molar-refractivity contribution is 0.365. The number of ether oxygens (including phenoxy) is 1. The molecule has 3 rings (SSSR count). The summed E-state index contributed by atoms with van der Waals surface area (Å²) < 4.78 is 20.6. The fraction of sp³-hybridized carbons (Fsp3) is 0.133. The number of nitrogens with two attached hydrogens (primary N) is 1. The summed E-state index contributed by atoms with van der Waals surface area (Å²) in [6, 6.07) is 9.81. The third-order valence-electron chi connectivity index (χ3n) is 3.14. The van der Waals surface area contributed by atoms with Gasteiger partial charge in [-0.3, -0.25) is 0 Å². The summed E-state index contributed by atoms with van der Waals surface area (Å²) in [7, 11) is 1.53. The molecule has 0 fully saturated rings. The Bertz CT molecular complexity index is 802. The Morgan fingerprint density at radius 1 is 1.27 bits per heavy atom. The second-order valence-electron chi connectivity index (χ2n) is 4.63. The molecule has 2 N–H and O–H groups in total. The Morgan fingerprint density at radius 2 is 2.09 bits per heavy atom. The van der Waals surface area contributed by atoms with Crippen molar-refractivity contribution in [3.8, 4) is 17.4 Å². The summed E-state index contributed by atoms with van der Waals surface area (Å²) in [5.74, 6) is 0.948. The van der Waals surface area contributed by atoms with Gasteiger partial charge in [-0.2, -0.15) is 5.10 Å². The Labute approximate surface area is 126 Å². The maximum atomic E-state index is 13.8. The van der Waals surface area contributed by atoms with E-state index >= 15 is 0 Å². The Kier molecular flexibility index (Phi) is 3.69. The molecule has 0 saturated carbocycles. The zero-order valence-electron chi connectivity index (χ0n) is 11.9. The SMILES string of the molecule is COc1cc(-c2nccc(N)n2)nn1Cc1ccccc1F. The lowest BCUT2D eigenvalue weighted by Gasteiger charge is -2.06. The molecule has 0 amide bonds. The number of aromatic nitrogens is 4. The van der Waals surface area contributed by atoms with Gasteiger partial charge in [-0.1, -0.05) is 18.2 Å². The van der Waals surface area contributed by atoms with E-state index < -0.39 is 0 Å². The summed E-state index contributed by atoms with van der Waals surface area (Å²) in [5.41, 5.74) is 6.68. The molecule has 0 unspecified atom stereocenters. The maximum absolute atomic E-state index is 13.8. The van der Waals surface area contributed by atoms with E-state index in [4.69, 9.17) is 10.5 Å². The molecule has 0 aliphatic carbocycles. The van der Waals surface area contributed by atoms with E-state index in [0.717, 1.165) is 0 Å². The van der Waals surface area contributed by atoms with E-state index in [2.05, 4.69) is 15.1 Å². The van der Waals surface area contributed by atoms with Crippen LogP contribution >= 0.6 is 0 Å². The topological polar surface area (TPSA) is 78.8 Å². The molecule has 6 nitrogen and oxygen atoms in total. The number of methoxy groups -OCH3 is 1. The van der Waals surface area contributed by atoms with Gasteiger partial charge in [0.15, 0.2) is 5.82 Å². The second kappa shape index (κ2) is 5.80. The van der Waals surface area contributed by atoms with Crippen LogP contribution in [0, 0.1) is 5.82 Å². The average Bonchev–Trinajstić information content (AvgIpc) is 2.93. The van der Waals surface area contributed by atoms with Crippen molar-refractivity contribution < 1.29 is 9.13 Å². The molecule has 1 aromatic carbocycles. The van der Waals surface area contributed by atoms with Gasteiger partial charge in [-0.25, -0.2) is 19.0 Å². The highest BCUT2D eigenvalue weighted by Gasteiger charge is 2.14. The highest BCUT2D eigenvalue weighted by atomic mass is 19.1. The van der Waals surface area contributed by atoms with Crippen LogP contribution in [-0.2, 0) is 6.54 Å². The lowest BCUT2D eigenvalue weighted by atomic mass is 10.2. The second-order valence-corrected chi connectivity index (χ2v) is 4.63. The number of hydrogen-bond acceptors (Lipinski definition) is 5. The Hall–Kier alpha value is -2.96. The third-order valence-corrected chi connectivity index (χ3v) is 3.14. The first-order valence-corrected chi connectivity index (χ1v) is 6.61. The number of rotatable bonds is 4. The highest BCUT2D eigenvalue weighted by molar-refractivity contribution is 5.52. The van der Waals surface area contributed by atoms with Crippen molar-refractivity contribution in [2.45, 2.75) is 6.54 Å². The molecule has 22 heavy (non-hydrogen) atoms. The third kappa shape index (κ3) is 2.73. The van der Waals surface area contributed by atoms with Crippen molar-refractivity contribution in [1.29, 1.82) is 0 Å². The normalized spacial score (nSPS) is 10.6. The van der Waals surface area contributed by atoms with Crippen LogP contribution in [-0.4, -0.2) is 26.9 Å². The molecule has 3 aromatic rings. The molecule has 2 aromatic heterocycles. The van der Waals surface area contributed by atoms with Crippen LogP contribution < -0.4 is 10.5 Å². The van der Waals surface area contributed by atoms with Crippen LogP contribution in [0.5, 0.6) is 5.88 Å². The first-order chi connectivity index (χ1) is 10.7. The zero-order valence-corrected chi connectivity index (χ0v) is 11.9. The first-order valence-electron chi connectivity index (χ1n) is 6.61. The molecule has 112 valence electrons. The van der Waals surface area contributed by atoms with Crippen LogP contribution in [0.3, 0.4) is 0 Å². The molecule has 0 atom stereocenters. The quantitative estimate of drug-likeness (QED) is 0.798. The number of hydrogen-bond donors (Lipinski definition) is 1. The van der Waals surface area contributed by atoms with Crippen molar-refractivity contribution in [3.63, 3.8) is 0 Å². The fourth-order valence-electron chi connectivity index (χ4n) is 2.07. The fourth-order valence-corrected chi connectivity index (χ4v) is 2.07. The number of anilines is 1. The van der Waals surface area contributed by atoms with Crippen LogP contribution in [0.15, 0.2) is 42.6 Å². The van der Waals surface area contributed by atoms with Crippen molar-refractivity contribution in [2.24, 2.45) is 0 Å². The minimum Gasteiger partial charge on any atom is -0.481 e. The van der Waals surface area contributed by atoms with E-state index in [0.29, 0.717) is 28.8 Å². The number of nitrogen functional groups attached to an aromatic ring is 1. The summed E-state index contributed by atoms with van der Waals surface area (Å²) in [6.45, 7) is 0.248. The van der Waals surface area contributed by atoms with Crippen molar-refractivity contribution in [1.82, 2.24) is 19.7 Å². The number of benzene rings is 1. The molecule has 0 aliphatic heterocycles. The summed E-state index contributed by atoms with van der Waals surface area (Å²) in [6.07, 6.45) is 1.56. The van der Waals surface area contributed by atoms with Crippen molar-refractivity contribution >= 4 is 5.82 Å². The first kappa shape index (κ1) is 14.0. The monoisotopic (exact) mass is 299 g/mol. The predicted octanol–water partition coefficient (Wildman–Crippen LogP) is 2.12. The Morgan fingerprint density at radius 3 is 2.82 bits per heavy atom. The maximum Gasteiger partial charge on any atom is 0.212 e. The number of halogens is 1. The van der Waals surface area contributed by atoms with E-state index in [1.807, 2.05) is 0 Å². The molecule has 0 spiro atoms. The molecular formula is C15H14FN5O. The van der Waals surface area contributed by atoms with Gasteiger partial charge >= 0.3 is 0 Å². The largest absolute Gasteiger partial charge is 0.481 e. The van der Waals surface area contributed by atoms with Crippen molar-refractivity contribution in [3.05, 3.63) is 54.0 Å². The lowest BCUT2D eigenvalue weighted by Crippen LogP contribution is -2.06. The molecule has 0 radical (unpaired) electrons. The van der Waals surface area contributed by atoms with Gasteiger partial charge < -0.3 is 10.5 Å². The zero-order chi connectivity index (χ0) is 15.5. The predicted molar refractivity (Wildman–Crippen MR) is 79.7 cm³/mol. The van der Waals surface area contributed by atoms with Gasteiger partial charge in [0.1, 0.15) is 17.3 Å². The van der Waals surface area contributed by atoms with Crippen LogP contribution in [0.4, 0.5) is 10.2 Å². The molecule has 2 heterocycles. The standard InChI is InChI=1S/C15H14FN5O/c1-22-14-8-12(15-18-7-6-13(17)19-15)20-21(14)9-10-4-2-3-5-11(10)16/h2-8H,9H2,1H3,(H2,17,18,19). The van der Waals surface area contributed by atoms with E-state index in [-0.39, 0.29) is 12.4 Å². The van der Waals surface area contributed by atoms with Gasteiger partial charge in [0.2, 0.25) is 5.88 Å². The van der Waals surface area contributed by atoms with Gasteiger partial charge in [0.25, 0.3) is 0 Å². The van der Waals surface area contributed by atoms with Crippen LogP contribution in [0.1, 0.15) is 5.56 Å². The van der Waals surface area contributed by atoms with E-state index in [1.165, 1.54) is 13.2 Å². The molecule has 0 saturated heterocycles. The molecule has 7 heteroatoms. The van der Waals surface area contributed by atoms with E-state index in [1.54, 1.807) is 41.2 Å². The highest BCUT2D eigenvalue weighted by Crippen LogP contribution is 2.22.